The lowest BCUT2D eigenvalue weighted by Gasteiger charge is -2.18. The van der Waals surface area contributed by atoms with E-state index in [0.717, 1.165) is 18.4 Å². The van der Waals surface area contributed by atoms with Gasteiger partial charge in [-0.2, -0.15) is 0 Å². The maximum atomic E-state index is 12.0. The highest BCUT2D eigenvalue weighted by Crippen LogP contribution is 2.11. The molecule has 0 aliphatic heterocycles. The van der Waals surface area contributed by atoms with Crippen LogP contribution in [0.25, 0.3) is 0 Å². The van der Waals surface area contributed by atoms with Crippen LogP contribution in [0.1, 0.15) is 36.8 Å². The molecule has 2 aromatic rings. The van der Waals surface area contributed by atoms with Crippen molar-refractivity contribution in [1.29, 1.82) is 0 Å². The minimum absolute atomic E-state index is 0.205. The number of ketones is 1. The molecule has 0 aliphatic carbocycles. The van der Waals surface area contributed by atoms with Crippen LogP contribution in [-0.2, 0) is 17.6 Å². The van der Waals surface area contributed by atoms with Gasteiger partial charge in [0.05, 0.1) is 6.10 Å². The summed E-state index contributed by atoms with van der Waals surface area (Å²) in [4.78, 5) is 12.0. The summed E-state index contributed by atoms with van der Waals surface area (Å²) in [5, 5.41) is 10.2. The molecule has 2 atom stereocenters. The van der Waals surface area contributed by atoms with Crippen LogP contribution in [0.3, 0.4) is 0 Å². The average Bonchev–Trinajstić information content (AvgIpc) is 2.61. The first-order valence-electron chi connectivity index (χ1n) is 8.68. The Bertz CT molecular complexity index is 598. The van der Waals surface area contributed by atoms with Gasteiger partial charge in [-0.25, -0.2) is 0 Å². The van der Waals surface area contributed by atoms with Gasteiger partial charge in [0.15, 0.2) is 0 Å². The van der Waals surface area contributed by atoms with Gasteiger partial charge in [-0.1, -0.05) is 60.7 Å². The zero-order valence-corrected chi connectivity index (χ0v) is 14.1. The van der Waals surface area contributed by atoms with Crippen LogP contribution in [0, 0.1) is 0 Å². The molecule has 0 spiro atoms. The van der Waals surface area contributed by atoms with Crippen LogP contribution < -0.4 is 5.73 Å². The molecular formula is C21H27NO2. The Labute approximate surface area is 144 Å². The minimum atomic E-state index is -0.636. The third-order valence-electron chi connectivity index (χ3n) is 4.29. The fourth-order valence-corrected chi connectivity index (χ4v) is 2.80. The van der Waals surface area contributed by atoms with Gasteiger partial charge in [0.25, 0.3) is 0 Å². The first-order chi connectivity index (χ1) is 11.6. The second-order valence-electron chi connectivity index (χ2n) is 6.34. The Balaban J connectivity index is 1.63. The van der Waals surface area contributed by atoms with Gasteiger partial charge >= 0.3 is 0 Å². The average molecular weight is 325 g/mol. The van der Waals surface area contributed by atoms with Gasteiger partial charge in [-0.3, -0.25) is 4.79 Å². The molecule has 0 amide bonds. The van der Waals surface area contributed by atoms with E-state index in [-0.39, 0.29) is 11.8 Å². The van der Waals surface area contributed by atoms with Crippen molar-refractivity contribution in [2.75, 3.05) is 0 Å². The number of aliphatic hydroxyl groups excluding tert-OH is 1. The van der Waals surface area contributed by atoms with Crippen molar-refractivity contribution in [3.8, 4) is 0 Å². The summed E-state index contributed by atoms with van der Waals surface area (Å²) in [5.41, 5.74) is 8.42. The standard InChI is InChI=1S/C21H27NO2/c22-20(16-18-10-5-2-6-11-18)21(24)15-14-19(23)13-7-12-17-8-3-1-4-9-17/h1-6,8-11,20-21,24H,7,12-16,22H2/t20-,21-/m0/s1. The zero-order valence-electron chi connectivity index (χ0n) is 14.1. The summed E-state index contributed by atoms with van der Waals surface area (Å²) >= 11 is 0. The molecule has 3 N–H and O–H groups in total. The minimum Gasteiger partial charge on any atom is -0.391 e. The largest absolute Gasteiger partial charge is 0.391 e. The lowest BCUT2D eigenvalue weighted by Crippen LogP contribution is -2.36. The van der Waals surface area contributed by atoms with Crippen molar-refractivity contribution in [3.05, 3.63) is 71.8 Å². The summed E-state index contributed by atoms with van der Waals surface area (Å²) in [7, 11) is 0. The number of benzene rings is 2. The molecule has 2 aromatic carbocycles. The molecule has 0 aliphatic rings. The second-order valence-corrected chi connectivity index (χ2v) is 6.34. The number of rotatable bonds is 10. The summed E-state index contributed by atoms with van der Waals surface area (Å²) < 4.78 is 0. The van der Waals surface area contributed by atoms with Crippen molar-refractivity contribution in [3.63, 3.8) is 0 Å². The van der Waals surface area contributed by atoms with E-state index in [1.165, 1.54) is 5.56 Å². The lowest BCUT2D eigenvalue weighted by atomic mass is 9.97. The molecule has 3 nitrogen and oxygen atoms in total. The van der Waals surface area contributed by atoms with Gasteiger partial charge in [-0.15, -0.1) is 0 Å². The highest BCUT2D eigenvalue weighted by molar-refractivity contribution is 5.78. The molecule has 3 heteroatoms. The Morgan fingerprint density at radius 3 is 2.12 bits per heavy atom. The fourth-order valence-electron chi connectivity index (χ4n) is 2.80. The predicted molar refractivity (Wildman–Crippen MR) is 97.7 cm³/mol. The monoisotopic (exact) mass is 325 g/mol. The quantitative estimate of drug-likeness (QED) is 0.704. The van der Waals surface area contributed by atoms with Crippen LogP contribution >= 0.6 is 0 Å². The molecule has 0 saturated carbocycles. The van der Waals surface area contributed by atoms with E-state index in [1.54, 1.807) is 0 Å². The van der Waals surface area contributed by atoms with Crippen LogP contribution in [-0.4, -0.2) is 23.0 Å². The summed E-state index contributed by atoms with van der Waals surface area (Å²) in [6, 6.07) is 19.7. The summed E-state index contributed by atoms with van der Waals surface area (Å²) in [6.45, 7) is 0. The SMILES string of the molecule is N[C@@H](Cc1ccccc1)[C@@H](O)CCC(=O)CCCc1ccccc1. The highest BCUT2D eigenvalue weighted by atomic mass is 16.3. The van der Waals surface area contributed by atoms with Gasteiger partial charge in [-0.05, 0) is 36.8 Å². The lowest BCUT2D eigenvalue weighted by molar-refractivity contribution is -0.119. The molecule has 128 valence electrons. The molecule has 2 rings (SSSR count). The number of hydrogen-bond donors (Lipinski definition) is 2. The summed E-state index contributed by atoms with van der Waals surface area (Å²) in [5.74, 6) is 0.205. The molecular weight excluding hydrogens is 298 g/mol. The number of carbonyl (C=O) groups is 1. The molecule has 0 unspecified atom stereocenters. The number of Topliss-reactive ketones (excluding diaryl/α,β-unsaturated/α-hetero) is 1. The topological polar surface area (TPSA) is 63.3 Å². The normalized spacial score (nSPS) is 13.4. The Morgan fingerprint density at radius 1 is 0.917 bits per heavy atom. The number of hydrogen-bond acceptors (Lipinski definition) is 3. The first kappa shape index (κ1) is 18.4. The third kappa shape index (κ3) is 6.65. The van der Waals surface area contributed by atoms with E-state index in [1.807, 2.05) is 48.5 Å². The van der Waals surface area contributed by atoms with Crippen LogP contribution in [0.2, 0.25) is 0 Å². The molecule has 0 bridgehead atoms. The highest BCUT2D eigenvalue weighted by Gasteiger charge is 2.16. The molecule has 0 saturated heterocycles. The number of aliphatic hydroxyl groups is 1. The second kappa shape index (κ2) is 10.0. The van der Waals surface area contributed by atoms with Gasteiger partial charge < -0.3 is 10.8 Å². The van der Waals surface area contributed by atoms with Gasteiger partial charge in [0.2, 0.25) is 0 Å². The van der Waals surface area contributed by atoms with Gasteiger partial charge in [0, 0.05) is 18.9 Å². The maximum Gasteiger partial charge on any atom is 0.133 e. The molecule has 0 aromatic heterocycles. The van der Waals surface area contributed by atoms with E-state index >= 15 is 0 Å². The van der Waals surface area contributed by atoms with Crippen molar-refractivity contribution < 1.29 is 9.90 Å². The van der Waals surface area contributed by atoms with Crippen LogP contribution in [0.5, 0.6) is 0 Å². The van der Waals surface area contributed by atoms with Crippen LogP contribution in [0.15, 0.2) is 60.7 Å². The zero-order chi connectivity index (χ0) is 17.2. The van der Waals surface area contributed by atoms with Gasteiger partial charge in [0.1, 0.15) is 5.78 Å². The maximum absolute atomic E-state index is 12.0. The Kier molecular flexibility index (Phi) is 7.66. The van der Waals surface area contributed by atoms with Crippen molar-refractivity contribution in [2.24, 2.45) is 5.73 Å². The van der Waals surface area contributed by atoms with Crippen LogP contribution in [0.4, 0.5) is 0 Å². The summed E-state index contributed by atoms with van der Waals surface area (Å²) in [6.07, 6.45) is 3.18. The molecule has 0 fully saturated rings. The van der Waals surface area contributed by atoms with Crippen molar-refractivity contribution in [1.82, 2.24) is 0 Å². The van der Waals surface area contributed by atoms with E-state index in [9.17, 15) is 9.90 Å². The smallest absolute Gasteiger partial charge is 0.133 e. The first-order valence-corrected chi connectivity index (χ1v) is 8.68. The molecule has 0 radical (unpaired) electrons. The van der Waals surface area contributed by atoms with E-state index < -0.39 is 6.10 Å². The van der Waals surface area contributed by atoms with E-state index in [0.29, 0.717) is 25.7 Å². The van der Waals surface area contributed by atoms with Crippen molar-refractivity contribution in [2.45, 2.75) is 50.7 Å². The third-order valence-corrected chi connectivity index (χ3v) is 4.29. The Hall–Kier alpha value is -1.97. The van der Waals surface area contributed by atoms with E-state index in [4.69, 9.17) is 5.73 Å². The predicted octanol–water partition coefficient (Wildman–Crippen LogP) is 3.29. The Morgan fingerprint density at radius 2 is 1.50 bits per heavy atom. The fraction of sp³-hybridized carbons (Fsp3) is 0.381. The molecule has 24 heavy (non-hydrogen) atoms. The van der Waals surface area contributed by atoms with E-state index in [2.05, 4.69) is 12.1 Å². The number of nitrogens with two attached hydrogens (primary N) is 1. The number of carbonyl (C=O) groups excluding carboxylic acids is 1. The number of aryl methyl sites for hydroxylation is 1. The van der Waals surface area contributed by atoms with Crippen molar-refractivity contribution >= 4 is 5.78 Å². The molecule has 0 heterocycles.